The van der Waals surface area contributed by atoms with Crippen LogP contribution in [0.3, 0.4) is 0 Å². The van der Waals surface area contributed by atoms with Crippen LogP contribution in [0.15, 0.2) is 0 Å². The van der Waals surface area contributed by atoms with Crippen molar-refractivity contribution in [2.75, 3.05) is 39.3 Å². The van der Waals surface area contributed by atoms with E-state index in [1.807, 2.05) is 4.90 Å². The zero-order valence-corrected chi connectivity index (χ0v) is 11.3. The van der Waals surface area contributed by atoms with Crippen molar-refractivity contribution in [3.63, 3.8) is 0 Å². The zero-order valence-electron chi connectivity index (χ0n) is 11.3. The van der Waals surface area contributed by atoms with Crippen LogP contribution in [-0.2, 0) is 0 Å². The Morgan fingerprint density at radius 3 is 2.56 bits per heavy atom. The molecule has 18 heavy (non-hydrogen) atoms. The van der Waals surface area contributed by atoms with Gasteiger partial charge in [0, 0.05) is 44.7 Å². The van der Waals surface area contributed by atoms with E-state index in [4.69, 9.17) is 5.11 Å². The highest BCUT2D eigenvalue weighted by Crippen LogP contribution is 2.16. The smallest absolute Gasteiger partial charge is 0.317 e. The predicted octanol–water partition coefficient (Wildman–Crippen LogP) is 0.494. The number of nitrogens with zero attached hydrogens (tertiary/aromatic N) is 2. The Hall–Kier alpha value is -0.810. The van der Waals surface area contributed by atoms with E-state index in [1.165, 1.54) is 0 Å². The maximum absolute atomic E-state index is 12.0. The van der Waals surface area contributed by atoms with Gasteiger partial charge in [0.05, 0.1) is 0 Å². The first kappa shape index (κ1) is 13.6. The number of piperidine rings is 1. The van der Waals surface area contributed by atoms with Crippen LogP contribution < -0.4 is 5.32 Å². The summed E-state index contributed by atoms with van der Waals surface area (Å²) in [7, 11) is 0. The molecule has 0 bridgehead atoms. The first-order chi connectivity index (χ1) is 8.72. The van der Waals surface area contributed by atoms with Crippen LogP contribution in [0.1, 0.15) is 26.2 Å². The van der Waals surface area contributed by atoms with Crippen molar-refractivity contribution in [1.29, 1.82) is 0 Å². The SMILES string of the molecule is CCN1CCC(NC(=O)N2CCC(CO)C2)CC1. The molecule has 2 fully saturated rings. The number of carbonyl (C=O) groups excluding carboxylic acids is 1. The number of aliphatic hydroxyl groups is 1. The number of rotatable bonds is 3. The number of amides is 2. The minimum Gasteiger partial charge on any atom is -0.396 e. The highest BCUT2D eigenvalue weighted by molar-refractivity contribution is 5.74. The van der Waals surface area contributed by atoms with E-state index in [9.17, 15) is 4.79 Å². The molecule has 0 saturated carbocycles. The van der Waals surface area contributed by atoms with Gasteiger partial charge >= 0.3 is 6.03 Å². The van der Waals surface area contributed by atoms with Gasteiger partial charge in [-0.2, -0.15) is 0 Å². The van der Waals surface area contributed by atoms with E-state index in [0.29, 0.717) is 12.6 Å². The molecule has 1 atom stereocenters. The Morgan fingerprint density at radius 1 is 1.28 bits per heavy atom. The van der Waals surface area contributed by atoms with E-state index in [0.717, 1.165) is 45.4 Å². The summed E-state index contributed by atoms with van der Waals surface area (Å²) in [5, 5.41) is 12.2. The lowest BCUT2D eigenvalue weighted by Crippen LogP contribution is -2.48. The molecular formula is C13H25N3O2. The Kier molecular flexibility index (Phi) is 4.83. The van der Waals surface area contributed by atoms with Gasteiger partial charge in [-0.3, -0.25) is 0 Å². The second kappa shape index (κ2) is 6.38. The number of carbonyl (C=O) groups is 1. The maximum atomic E-state index is 12.0. The molecule has 2 heterocycles. The zero-order chi connectivity index (χ0) is 13.0. The summed E-state index contributed by atoms with van der Waals surface area (Å²) < 4.78 is 0. The van der Waals surface area contributed by atoms with Crippen LogP contribution in [0.2, 0.25) is 0 Å². The average Bonchev–Trinajstić information content (AvgIpc) is 2.88. The van der Waals surface area contributed by atoms with E-state index in [-0.39, 0.29) is 18.6 Å². The second-order valence-corrected chi connectivity index (χ2v) is 5.44. The third-order valence-electron chi connectivity index (χ3n) is 4.19. The highest BCUT2D eigenvalue weighted by atomic mass is 16.3. The summed E-state index contributed by atoms with van der Waals surface area (Å²) >= 11 is 0. The van der Waals surface area contributed by atoms with Crippen molar-refractivity contribution >= 4 is 6.03 Å². The lowest BCUT2D eigenvalue weighted by atomic mass is 10.1. The van der Waals surface area contributed by atoms with Crippen molar-refractivity contribution in [2.45, 2.75) is 32.2 Å². The Labute approximate surface area is 109 Å². The standard InChI is InChI=1S/C13H25N3O2/c1-2-15-6-4-12(5-7-15)14-13(18)16-8-3-11(9-16)10-17/h11-12,17H,2-10H2,1H3,(H,14,18). The fraction of sp³-hybridized carbons (Fsp3) is 0.923. The molecule has 5 heteroatoms. The third-order valence-corrected chi connectivity index (χ3v) is 4.19. The molecule has 2 aliphatic rings. The lowest BCUT2D eigenvalue weighted by Gasteiger charge is -2.32. The summed E-state index contributed by atoms with van der Waals surface area (Å²) in [5.74, 6) is 0.276. The largest absolute Gasteiger partial charge is 0.396 e. The maximum Gasteiger partial charge on any atom is 0.317 e. The predicted molar refractivity (Wildman–Crippen MR) is 70.4 cm³/mol. The van der Waals surface area contributed by atoms with Crippen LogP contribution in [0.25, 0.3) is 0 Å². The van der Waals surface area contributed by atoms with E-state index in [2.05, 4.69) is 17.1 Å². The summed E-state index contributed by atoms with van der Waals surface area (Å²) in [6.07, 6.45) is 3.03. The van der Waals surface area contributed by atoms with Gasteiger partial charge in [-0.15, -0.1) is 0 Å². The minimum atomic E-state index is 0.0564. The van der Waals surface area contributed by atoms with Gasteiger partial charge in [0.25, 0.3) is 0 Å². The molecule has 1 unspecified atom stereocenters. The highest BCUT2D eigenvalue weighted by Gasteiger charge is 2.27. The molecule has 0 spiro atoms. The van der Waals surface area contributed by atoms with Crippen LogP contribution in [0.4, 0.5) is 4.79 Å². The normalized spacial score (nSPS) is 26.6. The topological polar surface area (TPSA) is 55.8 Å². The first-order valence-electron chi connectivity index (χ1n) is 7.11. The summed E-state index contributed by atoms with van der Waals surface area (Å²) in [5.41, 5.74) is 0. The van der Waals surface area contributed by atoms with Gasteiger partial charge in [0.1, 0.15) is 0 Å². The van der Waals surface area contributed by atoms with E-state index < -0.39 is 0 Å². The average molecular weight is 255 g/mol. The molecule has 0 aromatic rings. The third kappa shape index (κ3) is 3.36. The van der Waals surface area contributed by atoms with Crippen LogP contribution in [0.5, 0.6) is 0 Å². The summed E-state index contributed by atoms with van der Waals surface area (Å²) in [4.78, 5) is 16.3. The second-order valence-electron chi connectivity index (χ2n) is 5.44. The molecule has 2 aliphatic heterocycles. The molecule has 2 rings (SSSR count). The van der Waals surface area contributed by atoms with Crippen LogP contribution in [0, 0.1) is 5.92 Å². The molecule has 0 aromatic carbocycles. The molecule has 2 N–H and O–H groups in total. The lowest BCUT2D eigenvalue weighted by molar-refractivity contribution is 0.177. The number of aliphatic hydroxyl groups excluding tert-OH is 1. The van der Waals surface area contributed by atoms with Gasteiger partial charge in [-0.25, -0.2) is 4.79 Å². The Bertz CT molecular complexity index is 277. The number of urea groups is 1. The van der Waals surface area contributed by atoms with Crippen molar-refractivity contribution in [1.82, 2.24) is 15.1 Å². The summed E-state index contributed by atoms with van der Waals surface area (Å²) in [6.45, 7) is 7.13. The van der Waals surface area contributed by atoms with Gasteiger partial charge in [0.15, 0.2) is 0 Å². The molecule has 0 aromatic heterocycles. The summed E-state index contributed by atoms with van der Waals surface area (Å²) in [6, 6.07) is 0.384. The fourth-order valence-corrected chi connectivity index (χ4v) is 2.83. The van der Waals surface area contributed by atoms with Crippen molar-refractivity contribution in [3.05, 3.63) is 0 Å². The van der Waals surface area contributed by atoms with Crippen LogP contribution in [-0.4, -0.2) is 66.3 Å². The van der Waals surface area contributed by atoms with Gasteiger partial charge in [-0.05, 0) is 25.8 Å². The minimum absolute atomic E-state index is 0.0564. The molecule has 2 amide bonds. The number of hydrogen-bond donors (Lipinski definition) is 2. The monoisotopic (exact) mass is 255 g/mol. The molecule has 5 nitrogen and oxygen atoms in total. The Balaban J connectivity index is 1.72. The van der Waals surface area contributed by atoms with Crippen LogP contribution >= 0.6 is 0 Å². The van der Waals surface area contributed by atoms with Gasteiger partial charge < -0.3 is 20.2 Å². The molecule has 0 radical (unpaired) electrons. The van der Waals surface area contributed by atoms with E-state index in [1.54, 1.807) is 0 Å². The van der Waals surface area contributed by atoms with Crippen molar-refractivity contribution < 1.29 is 9.90 Å². The molecule has 2 saturated heterocycles. The van der Waals surface area contributed by atoms with Crippen molar-refractivity contribution in [2.24, 2.45) is 5.92 Å². The van der Waals surface area contributed by atoms with Gasteiger partial charge in [-0.1, -0.05) is 6.92 Å². The molecular weight excluding hydrogens is 230 g/mol. The molecule has 104 valence electrons. The number of hydrogen-bond acceptors (Lipinski definition) is 3. The fourth-order valence-electron chi connectivity index (χ4n) is 2.83. The quantitative estimate of drug-likeness (QED) is 0.772. The van der Waals surface area contributed by atoms with Crippen molar-refractivity contribution in [3.8, 4) is 0 Å². The number of nitrogens with one attached hydrogen (secondary N) is 1. The molecule has 0 aliphatic carbocycles. The first-order valence-corrected chi connectivity index (χ1v) is 7.11. The van der Waals surface area contributed by atoms with Gasteiger partial charge in [0.2, 0.25) is 0 Å². The Morgan fingerprint density at radius 2 is 2.00 bits per heavy atom. The van der Waals surface area contributed by atoms with E-state index >= 15 is 0 Å². The number of likely N-dealkylation sites (tertiary alicyclic amines) is 2.